The quantitative estimate of drug-likeness (QED) is 0.635. The zero-order chi connectivity index (χ0) is 13.9. The highest BCUT2D eigenvalue weighted by Gasteiger charge is 2.20. The Morgan fingerprint density at radius 3 is 2.56 bits per heavy atom. The number of hydrogen-bond donors (Lipinski definition) is 1. The summed E-state index contributed by atoms with van der Waals surface area (Å²) in [7, 11) is -3.81. The summed E-state index contributed by atoms with van der Waals surface area (Å²) in [5.41, 5.74) is 0.0450. The predicted molar refractivity (Wildman–Crippen MR) is 62.1 cm³/mol. The Labute approximate surface area is 103 Å². The third-order valence-electron chi connectivity index (χ3n) is 2.32. The van der Waals surface area contributed by atoms with Crippen LogP contribution in [0.3, 0.4) is 0 Å². The molecule has 1 rings (SSSR count). The summed E-state index contributed by atoms with van der Waals surface area (Å²) in [5.74, 6) is -1.82. The second-order valence-corrected chi connectivity index (χ2v) is 5.78. The molecule has 0 amide bonds. The van der Waals surface area contributed by atoms with E-state index in [0.717, 1.165) is 6.07 Å². The van der Waals surface area contributed by atoms with Crippen LogP contribution >= 0.6 is 0 Å². The molecule has 0 spiro atoms. The number of hydrogen-bond acceptors (Lipinski definition) is 5. The molecule has 0 heterocycles. The highest BCUT2D eigenvalue weighted by atomic mass is 32.2. The Kier molecular flexibility index (Phi) is 4.02. The van der Waals surface area contributed by atoms with E-state index in [4.69, 9.17) is 5.11 Å². The van der Waals surface area contributed by atoms with Crippen LogP contribution in [0.25, 0.3) is 0 Å². The first-order chi connectivity index (χ1) is 8.24. The van der Waals surface area contributed by atoms with E-state index in [1.165, 1.54) is 19.1 Å². The van der Waals surface area contributed by atoms with E-state index in [9.17, 15) is 23.3 Å². The summed E-state index contributed by atoms with van der Waals surface area (Å²) in [6.07, 6.45) is -0.538. The Balaban J connectivity index is 3.14. The number of nitro groups is 1. The van der Waals surface area contributed by atoms with Crippen molar-refractivity contribution in [3.63, 3.8) is 0 Å². The number of carboxylic acid groups (broad SMARTS) is 1. The molecule has 0 aliphatic rings. The number of nitro benzene ring substituents is 1. The minimum atomic E-state index is -3.81. The van der Waals surface area contributed by atoms with Crippen LogP contribution in [0.4, 0.5) is 5.69 Å². The fraction of sp³-hybridized carbons (Fsp3) is 0.300. The summed E-state index contributed by atoms with van der Waals surface area (Å²) in [5, 5.41) is 19.1. The van der Waals surface area contributed by atoms with Crippen molar-refractivity contribution in [2.45, 2.75) is 18.2 Å². The molecule has 0 unspecified atom stereocenters. The Hall–Kier alpha value is -1.96. The van der Waals surface area contributed by atoms with Crippen LogP contribution in [0, 0.1) is 17.0 Å². The summed E-state index contributed by atoms with van der Waals surface area (Å²) in [6.45, 7) is 1.49. The van der Waals surface area contributed by atoms with Crippen molar-refractivity contribution in [1.29, 1.82) is 0 Å². The van der Waals surface area contributed by atoms with Crippen molar-refractivity contribution in [1.82, 2.24) is 0 Å². The van der Waals surface area contributed by atoms with Crippen LogP contribution in [0.1, 0.15) is 12.0 Å². The topological polar surface area (TPSA) is 115 Å². The number of carboxylic acids is 1. The van der Waals surface area contributed by atoms with Gasteiger partial charge < -0.3 is 5.11 Å². The van der Waals surface area contributed by atoms with Gasteiger partial charge in [-0.3, -0.25) is 14.9 Å². The zero-order valence-corrected chi connectivity index (χ0v) is 10.3. The zero-order valence-electron chi connectivity index (χ0n) is 9.49. The van der Waals surface area contributed by atoms with Crippen molar-refractivity contribution in [3.8, 4) is 0 Å². The van der Waals surface area contributed by atoms with E-state index >= 15 is 0 Å². The minimum Gasteiger partial charge on any atom is -0.481 e. The van der Waals surface area contributed by atoms with Gasteiger partial charge in [0.15, 0.2) is 9.84 Å². The lowest BCUT2D eigenvalue weighted by atomic mass is 10.2. The Morgan fingerprint density at radius 1 is 1.44 bits per heavy atom. The molecule has 0 saturated heterocycles. The minimum absolute atomic E-state index is 0.235. The number of benzene rings is 1. The number of carbonyl (C=O) groups is 1. The van der Waals surface area contributed by atoms with E-state index in [0.29, 0.717) is 5.56 Å². The van der Waals surface area contributed by atoms with Crippen LogP contribution in [-0.2, 0) is 14.6 Å². The number of aliphatic carboxylic acids is 1. The van der Waals surface area contributed by atoms with Crippen molar-refractivity contribution in [2.75, 3.05) is 5.75 Å². The van der Waals surface area contributed by atoms with Gasteiger partial charge in [-0.1, -0.05) is 6.07 Å². The summed E-state index contributed by atoms with van der Waals surface area (Å²) in [6, 6.07) is 3.51. The van der Waals surface area contributed by atoms with Gasteiger partial charge in [-0.25, -0.2) is 8.42 Å². The fourth-order valence-corrected chi connectivity index (χ4v) is 2.56. The van der Waals surface area contributed by atoms with Gasteiger partial charge in [-0.05, 0) is 13.0 Å². The molecule has 0 saturated carbocycles. The van der Waals surface area contributed by atoms with Gasteiger partial charge in [0.1, 0.15) is 0 Å². The second-order valence-electron chi connectivity index (χ2n) is 3.67. The SMILES string of the molecule is Cc1ccc(S(=O)(=O)CCC(=O)O)cc1[N+](=O)[O-]. The molecule has 0 bridgehead atoms. The second kappa shape index (κ2) is 5.13. The monoisotopic (exact) mass is 273 g/mol. The summed E-state index contributed by atoms with van der Waals surface area (Å²) >= 11 is 0. The lowest BCUT2D eigenvalue weighted by molar-refractivity contribution is -0.385. The van der Waals surface area contributed by atoms with Crippen LogP contribution in [0.2, 0.25) is 0 Å². The molecule has 18 heavy (non-hydrogen) atoms. The van der Waals surface area contributed by atoms with E-state index in [1.54, 1.807) is 0 Å². The average Bonchev–Trinajstić information content (AvgIpc) is 2.26. The van der Waals surface area contributed by atoms with Crippen LogP contribution < -0.4 is 0 Å². The van der Waals surface area contributed by atoms with E-state index in [2.05, 4.69) is 0 Å². The molecule has 98 valence electrons. The number of sulfone groups is 1. The molecule has 0 fully saturated rings. The molecular weight excluding hydrogens is 262 g/mol. The maximum absolute atomic E-state index is 11.7. The van der Waals surface area contributed by atoms with Crippen molar-refractivity contribution in [3.05, 3.63) is 33.9 Å². The highest BCUT2D eigenvalue weighted by Crippen LogP contribution is 2.23. The normalized spacial score (nSPS) is 11.2. The van der Waals surface area contributed by atoms with Crippen LogP contribution in [-0.4, -0.2) is 30.2 Å². The average molecular weight is 273 g/mol. The third kappa shape index (κ3) is 3.27. The Morgan fingerprint density at radius 2 is 2.06 bits per heavy atom. The molecule has 1 aromatic carbocycles. The standard InChI is InChI=1S/C10H11NO6S/c1-7-2-3-8(6-9(7)11(14)15)18(16,17)5-4-10(12)13/h2-3,6H,4-5H2,1H3,(H,12,13). The third-order valence-corrected chi connectivity index (χ3v) is 4.03. The Bertz CT molecular complexity index is 592. The molecule has 0 atom stereocenters. The molecule has 0 aliphatic heterocycles. The molecule has 7 nitrogen and oxygen atoms in total. The van der Waals surface area contributed by atoms with Gasteiger partial charge in [-0.15, -0.1) is 0 Å². The van der Waals surface area contributed by atoms with Gasteiger partial charge in [0.25, 0.3) is 5.69 Å². The van der Waals surface area contributed by atoms with Crippen LogP contribution in [0.15, 0.2) is 23.1 Å². The maximum Gasteiger partial charge on any atom is 0.304 e. The summed E-state index contributed by atoms with van der Waals surface area (Å²) < 4.78 is 23.5. The van der Waals surface area contributed by atoms with Gasteiger partial charge in [0.05, 0.1) is 22.0 Å². The number of rotatable bonds is 5. The van der Waals surface area contributed by atoms with Crippen LogP contribution in [0.5, 0.6) is 0 Å². The maximum atomic E-state index is 11.7. The smallest absolute Gasteiger partial charge is 0.304 e. The lowest BCUT2D eigenvalue weighted by Crippen LogP contribution is -2.11. The lowest BCUT2D eigenvalue weighted by Gasteiger charge is -2.04. The molecule has 0 aliphatic carbocycles. The van der Waals surface area contributed by atoms with Crippen molar-refractivity contribution in [2.24, 2.45) is 0 Å². The van der Waals surface area contributed by atoms with E-state index in [-0.39, 0.29) is 10.6 Å². The predicted octanol–water partition coefficient (Wildman–Crippen LogP) is 1.15. The molecule has 1 aromatic rings. The van der Waals surface area contributed by atoms with Gasteiger partial charge in [0.2, 0.25) is 0 Å². The molecule has 8 heteroatoms. The first kappa shape index (κ1) is 14.1. The molecular formula is C10H11NO6S. The fourth-order valence-electron chi connectivity index (χ4n) is 1.32. The molecule has 0 aromatic heterocycles. The van der Waals surface area contributed by atoms with Crippen molar-refractivity contribution >= 4 is 21.5 Å². The van der Waals surface area contributed by atoms with E-state index in [1.807, 2.05) is 0 Å². The van der Waals surface area contributed by atoms with E-state index < -0.39 is 32.9 Å². The first-order valence-electron chi connectivity index (χ1n) is 4.93. The molecule has 1 N–H and O–H groups in total. The first-order valence-corrected chi connectivity index (χ1v) is 6.59. The van der Waals surface area contributed by atoms with Gasteiger partial charge in [0, 0.05) is 11.6 Å². The number of nitrogens with zero attached hydrogens (tertiary/aromatic N) is 1. The van der Waals surface area contributed by atoms with Gasteiger partial charge >= 0.3 is 5.97 Å². The van der Waals surface area contributed by atoms with Crippen molar-refractivity contribution < 1.29 is 23.2 Å². The highest BCUT2D eigenvalue weighted by molar-refractivity contribution is 7.91. The summed E-state index contributed by atoms with van der Waals surface area (Å²) in [4.78, 5) is 20.1. The van der Waals surface area contributed by atoms with Gasteiger partial charge in [-0.2, -0.15) is 0 Å². The largest absolute Gasteiger partial charge is 0.481 e. The molecule has 0 radical (unpaired) electrons. The number of aryl methyl sites for hydroxylation is 1.